The third kappa shape index (κ3) is 4.58. The van der Waals surface area contributed by atoms with E-state index in [-0.39, 0.29) is 19.1 Å². The van der Waals surface area contributed by atoms with E-state index in [2.05, 4.69) is 15.9 Å². The fraction of sp³-hybridized carbons (Fsp3) is 0.526. The number of rotatable bonds is 9. The molecule has 1 fully saturated rings. The van der Waals surface area contributed by atoms with Crippen LogP contribution in [0, 0.1) is 5.92 Å². The first-order valence-electron chi connectivity index (χ1n) is 8.60. The smallest absolute Gasteiger partial charge is 0.314 e. The lowest BCUT2D eigenvalue weighted by Crippen LogP contribution is -2.49. The summed E-state index contributed by atoms with van der Waals surface area (Å²) in [5.41, 5.74) is -0.315. The van der Waals surface area contributed by atoms with Gasteiger partial charge in [0.15, 0.2) is 0 Å². The monoisotopic (exact) mass is 426 g/mol. The van der Waals surface area contributed by atoms with E-state index < -0.39 is 23.4 Å². The van der Waals surface area contributed by atoms with Gasteiger partial charge in [0.25, 0.3) is 0 Å². The van der Waals surface area contributed by atoms with Crippen LogP contribution in [0.3, 0.4) is 0 Å². The molecule has 1 unspecified atom stereocenters. The Labute approximate surface area is 161 Å². The van der Waals surface area contributed by atoms with Crippen molar-refractivity contribution >= 4 is 34.5 Å². The van der Waals surface area contributed by atoms with E-state index >= 15 is 0 Å². The molecule has 1 aromatic carbocycles. The van der Waals surface area contributed by atoms with Crippen molar-refractivity contribution < 1.29 is 29.0 Å². The van der Waals surface area contributed by atoms with Crippen molar-refractivity contribution in [2.45, 2.75) is 43.8 Å². The predicted molar refractivity (Wildman–Crippen MR) is 98.1 cm³/mol. The molecule has 0 bridgehead atoms. The van der Waals surface area contributed by atoms with Crippen LogP contribution in [0.15, 0.2) is 28.7 Å². The van der Waals surface area contributed by atoms with Crippen molar-refractivity contribution in [3.8, 4) is 0 Å². The van der Waals surface area contributed by atoms with Crippen LogP contribution < -0.4 is 0 Å². The molecule has 0 heterocycles. The molecule has 0 amide bonds. The Morgan fingerprint density at radius 3 is 2.46 bits per heavy atom. The minimum atomic E-state index is -1.05. The Hall–Kier alpha value is -1.57. The Morgan fingerprint density at radius 2 is 1.92 bits per heavy atom. The zero-order valence-corrected chi connectivity index (χ0v) is 16.2. The van der Waals surface area contributed by atoms with Crippen molar-refractivity contribution in [3.63, 3.8) is 0 Å². The molecule has 0 aromatic heterocycles. The third-order valence-electron chi connectivity index (χ3n) is 4.86. The zero-order chi connectivity index (χ0) is 19.2. The Morgan fingerprint density at radius 1 is 1.27 bits per heavy atom. The fourth-order valence-electron chi connectivity index (χ4n) is 3.42. The number of hydrogen-bond donors (Lipinski definition) is 1. The second-order valence-electron chi connectivity index (χ2n) is 6.44. The highest BCUT2D eigenvalue weighted by molar-refractivity contribution is 9.10. The molecule has 0 aliphatic heterocycles. The van der Waals surface area contributed by atoms with Crippen LogP contribution in [-0.4, -0.2) is 49.1 Å². The SMILES string of the molecule is CCOC1C[C@@](C(=O)O)(c2ccc(Br)cc2)CC[C@H]1OCC(C=O)C=O. The number of halogens is 1. The molecular weight excluding hydrogens is 404 g/mol. The number of aldehydes is 2. The van der Waals surface area contributed by atoms with Crippen LogP contribution in [0.25, 0.3) is 0 Å². The second-order valence-corrected chi connectivity index (χ2v) is 7.35. The van der Waals surface area contributed by atoms with Gasteiger partial charge < -0.3 is 24.2 Å². The van der Waals surface area contributed by atoms with Gasteiger partial charge in [0.1, 0.15) is 12.6 Å². The molecule has 1 saturated carbocycles. The second kappa shape index (κ2) is 9.39. The number of aliphatic carboxylic acids is 1. The average molecular weight is 427 g/mol. The van der Waals surface area contributed by atoms with Gasteiger partial charge in [-0.05, 0) is 43.9 Å². The summed E-state index contributed by atoms with van der Waals surface area (Å²) in [5.74, 6) is -1.70. The molecule has 7 heteroatoms. The molecule has 0 radical (unpaired) electrons. The minimum Gasteiger partial charge on any atom is -0.481 e. The number of ether oxygens (including phenoxy) is 2. The first kappa shape index (κ1) is 20.7. The molecule has 0 saturated heterocycles. The molecule has 1 aromatic rings. The van der Waals surface area contributed by atoms with Gasteiger partial charge in [-0.2, -0.15) is 0 Å². The van der Waals surface area contributed by atoms with Gasteiger partial charge in [0.05, 0.1) is 30.1 Å². The van der Waals surface area contributed by atoms with Crippen molar-refractivity contribution in [2.75, 3.05) is 13.2 Å². The summed E-state index contributed by atoms with van der Waals surface area (Å²) in [4.78, 5) is 33.8. The van der Waals surface area contributed by atoms with Crippen molar-refractivity contribution in [1.29, 1.82) is 0 Å². The van der Waals surface area contributed by atoms with Crippen LogP contribution in [-0.2, 0) is 29.3 Å². The Bertz CT molecular complexity index is 623. The summed E-state index contributed by atoms with van der Waals surface area (Å²) < 4.78 is 12.4. The Balaban J connectivity index is 2.22. The number of benzene rings is 1. The van der Waals surface area contributed by atoms with E-state index in [1.54, 1.807) is 0 Å². The van der Waals surface area contributed by atoms with E-state index in [0.29, 0.717) is 32.0 Å². The summed E-state index contributed by atoms with van der Waals surface area (Å²) in [6.45, 7) is 2.25. The van der Waals surface area contributed by atoms with Crippen molar-refractivity contribution in [3.05, 3.63) is 34.3 Å². The van der Waals surface area contributed by atoms with E-state index in [4.69, 9.17) is 9.47 Å². The lowest BCUT2D eigenvalue weighted by Gasteiger charge is -2.42. The van der Waals surface area contributed by atoms with Gasteiger partial charge in [-0.3, -0.25) is 4.79 Å². The molecule has 1 aliphatic rings. The van der Waals surface area contributed by atoms with Crippen LogP contribution in [0.4, 0.5) is 0 Å². The summed E-state index contributed by atoms with van der Waals surface area (Å²) in [6.07, 6.45) is 1.47. The number of carboxylic acid groups (broad SMARTS) is 1. The fourth-order valence-corrected chi connectivity index (χ4v) is 3.68. The van der Waals surface area contributed by atoms with E-state index in [0.717, 1.165) is 10.0 Å². The van der Waals surface area contributed by atoms with Gasteiger partial charge in [-0.15, -0.1) is 0 Å². The van der Waals surface area contributed by atoms with E-state index in [1.165, 1.54) is 0 Å². The van der Waals surface area contributed by atoms with Gasteiger partial charge in [0.2, 0.25) is 0 Å². The molecule has 1 N–H and O–H groups in total. The lowest BCUT2D eigenvalue weighted by molar-refractivity contribution is -0.155. The quantitative estimate of drug-likeness (QED) is 0.482. The van der Waals surface area contributed by atoms with Crippen molar-refractivity contribution in [2.24, 2.45) is 5.92 Å². The molecule has 26 heavy (non-hydrogen) atoms. The average Bonchev–Trinajstić information content (AvgIpc) is 2.64. The van der Waals surface area contributed by atoms with Crippen LogP contribution >= 0.6 is 15.9 Å². The maximum atomic E-state index is 12.2. The van der Waals surface area contributed by atoms with Gasteiger partial charge in [-0.1, -0.05) is 28.1 Å². The molecule has 1 aliphatic carbocycles. The Kier molecular flexibility index (Phi) is 7.49. The number of hydrogen-bond acceptors (Lipinski definition) is 5. The summed E-state index contributed by atoms with van der Waals surface area (Å²) in [5, 5.41) is 9.98. The van der Waals surface area contributed by atoms with Gasteiger partial charge in [-0.25, -0.2) is 0 Å². The highest BCUT2D eigenvalue weighted by Gasteiger charge is 2.48. The zero-order valence-electron chi connectivity index (χ0n) is 14.6. The largest absolute Gasteiger partial charge is 0.481 e. The maximum Gasteiger partial charge on any atom is 0.314 e. The van der Waals surface area contributed by atoms with Crippen LogP contribution in [0.5, 0.6) is 0 Å². The maximum absolute atomic E-state index is 12.2. The standard InChI is InChI=1S/C19H23BrO6/c1-2-25-17-9-19(18(23)24,14-3-5-15(20)6-4-14)8-7-16(17)26-12-13(10-21)11-22/h3-6,10-11,13,16-17H,2,7-9,12H2,1H3,(H,23,24)/t16-,17?,19-/m1/s1. The third-order valence-corrected chi connectivity index (χ3v) is 5.39. The van der Waals surface area contributed by atoms with Crippen molar-refractivity contribution in [1.82, 2.24) is 0 Å². The molecule has 2 rings (SSSR count). The van der Waals surface area contributed by atoms with E-state index in [9.17, 15) is 19.5 Å². The highest BCUT2D eigenvalue weighted by atomic mass is 79.9. The minimum absolute atomic E-state index is 0.0143. The summed E-state index contributed by atoms with van der Waals surface area (Å²) >= 11 is 3.37. The van der Waals surface area contributed by atoms with Gasteiger partial charge in [0, 0.05) is 11.1 Å². The van der Waals surface area contributed by atoms with Crippen LogP contribution in [0.2, 0.25) is 0 Å². The molecule has 6 nitrogen and oxygen atoms in total. The lowest BCUT2D eigenvalue weighted by atomic mass is 9.67. The number of carbonyl (C=O) groups excluding carboxylic acids is 2. The normalized spacial score (nSPS) is 25.8. The van der Waals surface area contributed by atoms with Gasteiger partial charge >= 0.3 is 5.97 Å². The summed E-state index contributed by atoms with van der Waals surface area (Å²) in [7, 11) is 0. The first-order chi connectivity index (χ1) is 12.5. The summed E-state index contributed by atoms with van der Waals surface area (Å²) in [6, 6.07) is 7.29. The number of carboxylic acids is 1. The van der Waals surface area contributed by atoms with E-state index in [1.807, 2.05) is 31.2 Å². The first-order valence-corrected chi connectivity index (χ1v) is 9.39. The molecular formula is C19H23BrO6. The topological polar surface area (TPSA) is 89.9 Å². The molecule has 0 spiro atoms. The highest BCUT2D eigenvalue weighted by Crippen LogP contribution is 2.42. The molecule has 142 valence electrons. The molecule has 3 atom stereocenters. The van der Waals surface area contributed by atoms with Crippen LogP contribution in [0.1, 0.15) is 31.7 Å². The predicted octanol–water partition coefficient (Wildman–Crippen LogP) is 2.76. The number of carbonyl (C=O) groups is 3.